The molecule has 0 spiro atoms. The first-order valence-electron chi connectivity index (χ1n) is 8.10. The summed E-state index contributed by atoms with van der Waals surface area (Å²) in [5.41, 5.74) is 2.78. The summed E-state index contributed by atoms with van der Waals surface area (Å²) in [5, 5.41) is 14.3. The van der Waals surface area contributed by atoms with Crippen LogP contribution in [0.5, 0.6) is 5.75 Å². The zero-order valence-electron chi connectivity index (χ0n) is 13.5. The fourth-order valence-corrected chi connectivity index (χ4v) is 3.15. The van der Waals surface area contributed by atoms with Crippen LogP contribution >= 0.6 is 24.0 Å². The number of halogens is 2. The molecule has 130 valence electrons. The molecule has 5 heteroatoms. The Bertz CT molecular complexity index is 634. The van der Waals surface area contributed by atoms with Crippen molar-refractivity contribution in [3.8, 4) is 5.75 Å². The molecule has 3 nitrogen and oxygen atoms in total. The Morgan fingerprint density at radius 3 is 2.71 bits per heavy atom. The number of ether oxygens (including phenoxy) is 1. The summed E-state index contributed by atoms with van der Waals surface area (Å²) >= 11 is 5.84. The van der Waals surface area contributed by atoms with Crippen molar-refractivity contribution in [3.05, 3.63) is 64.7 Å². The van der Waals surface area contributed by atoms with Gasteiger partial charge in [0.15, 0.2) is 0 Å². The van der Waals surface area contributed by atoms with Crippen LogP contribution in [0.3, 0.4) is 0 Å². The van der Waals surface area contributed by atoms with Crippen LogP contribution in [0.4, 0.5) is 0 Å². The first-order chi connectivity index (χ1) is 11.2. The fourth-order valence-electron chi connectivity index (χ4n) is 3.03. The van der Waals surface area contributed by atoms with Crippen molar-refractivity contribution in [2.24, 2.45) is 0 Å². The lowest BCUT2D eigenvalue weighted by atomic mass is 9.88. The molecule has 0 aliphatic heterocycles. The summed E-state index contributed by atoms with van der Waals surface area (Å²) in [7, 11) is 0. The van der Waals surface area contributed by atoms with Crippen molar-refractivity contribution in [2.75, 3.05) is 13.2 Å². The highest BCUT2D eigenvalue weighted by Crippen LogP contribution is 2.29. The molecular formula is C19H23Cl2NO2. The SMILES string of the molecule is Cl.OC(CNC1CCCc2ccccc21)COc1ccc(Cl)cc1. The van der Waals surface area contributed by atoms with E-state index in [1.54, 1.807) is 24.3 Å². The van der Waals surface area contributed by atoms with Gasteiger partial charge in [-0.1, -0.05) is 35.9 Å². The van der Waals surface area contributed by atoms with Crippen molar-refractivity contribution in [2.45, 2.75) is 31.4 Å². The number of hydrogen-bond donors (Lipinski definition) is 2. The van der Waals surface area contributed by atoms with Gasteiger partial charge in [0.05, 0.1) is 0 Å². The molecule has 0 radical (unpaired) electrons. The van der Waals surface area contributed by atoms with Crippen molar-refractivity contribution in [1.29, 1.82) is 0 Å². The van der Waals surface area contributed by atoms with Gasteiger partial charge < -0.3 is 15.2 Å². The van der Waals surface area contributed by atoms with E-state index in [0.29, 0.717) is 17.6 Å². The van der Waals surface area contributed by atoms with Crippen LogP contribution < -0.4 is 10.1 Å². The largest absolute Gasteiger partial charge is 0.491 e. The Morgan fingerprint density at radius 2 is 1.92 bits per heavy atom. The molecule has 0 heterocycles. The molecule has 2 aromatic carbocycles. The molecule has 3 rings (SSSR count). The third kappa shape index (κ3) is 5.12. The Labute approximate surface area is 154 Å². The highest BCUT2D eigenvalue weighted by atomic mass is 35.5. The molecule has 0 amide bonds. The number of hydrogen-bond acceptors (Lipinski definition) is 3. The normalized spacial score (nSPS) is 17.5. The van der Waals surface area contributed by atoms with Crippen LogP contribution in [-0.2, 0) is 6.42 Å². The molecule has 1 aliphatic carbocycles. The van der Waals surface area contributed by atoms with Gasteiger partial charge >= 0.3 is 0 Å². The monoisotopic (exact) mass is 367 g/mol. The van der Waals surface area contributed by atoms with Gasteiger partial charge in [0.2, 0.25) is 0 Å². The molecular weight excluding hydrogens is 345 g/mol. The maximum Gasteiger partial charge on any atom is 0.119 e. The Balaban J connectivity index is 0.00000208. The molecule has 0 aromatic heterocycles. The van der Waals surface area contributed by atoms with Crippen LogP contribution in [0.15, 0.2) is 48.5 Å². The molecule has 24 heavy (non-hydrogen) atoms. The average molecular weight is 368 g/mol. The van der Waals surface area contributed by atoms with Crippen LogP contribution in [0, 0.1) is 0 Å². The lowest BCUT2D eigenvalue weighted by Gasteiger charge is -2.27. The van der Waals surface area contributed by atoms with Crippen LogP contribution in [0.2, 0.25) is 5.02 Å². The molecule has 0 saturated carbocycles. The van der Waals surface area contributed by atoms with Gasteiger partial charge in [0.1, 0.15) is 18.5 Å². The summed E-state index contributed by atoms with van der Waals surface area (Å²) in [5.74, 6) is 0.719. The van der Waals surface area contributed by atoms with Gasteiger partial charge in [-0.3, -0.25) is 0 Å². The van der Waals surface area contributed by atoms with E-state index in [1.807, 2.05) is 0 Å². The fraction of sp³-hybridized carbons (Fsp3) is 0.368. The van der Waals surface area contributed by atoms with Crippen LogP contribution in [0.25, 0.3) is 0 Å². The van der Waals surface area contributed by atoms with Gasteiger partial charge in [-0.05, 0) is 54.7 Å². The van der Waals surface area contributed by atoms with Gasteiger partial charge in [-0.2, -0.15) is 0 Å². The standard InChI is InChI=1S/C19H22ClNO2.ClH/c20-15-8-10-17(11-9-15)23-13-16(22)12-21-19-7-3-5-14-4-1-2-6-18(14)19;/h1-2,4,6,8-11,16,19,21-22H,3,5,7,12-13H2;1H. The number of fused-ring (bicyclic) bond motifs is 1. The second-order valence-corrected chi connectivity index (χ2v) is 6.41. The van der Waals surface area contributed by atoms with E-state index in [1.165, 1.54) is 17.5 Å². The van der Waals surface area contributed by atoms with Crippen LogP contribution in [0.1, 0.15) is 30.0 Å². The second-order valence-electron chi connectivity index (χ2n) is 5.97. The Morgan fingerprint density at radius 1 is 1.17 bits per heavy atom. The van der Waals surface area contributed by atoms with E-state index in [9.17, 15) is 5.11 Å². The lowest BCUT2D eigenvalue weighted by Crippen LogP contribution is -2.35. The van der Waals surface area contributed by atoms with E-state index in [-0.39, 0.29) is 19.0 Å². The van der Waals surface area contributed by atoms with E-state index in [4.69, 9.17) is 16.3 Å². The average Bonchev–Trinajstić information content (AvgIpc) is 2.59. The summed E-state index contributed by atoms with van der Waals surface area (Å²) in [6.45, 7) is 0.787. The molecule has 2 aromatic rings. The predicted octanol–water partition coefficient (Wildman–Crippen LogP) is 4.17. The topological polar surface area (TPSA) is 41.5 Å². The second kappa shape index (κ2) is 9.28. The molecule has 0 fully saturated rings. The quantitative estimate of drug-likeness (QED) is 0.804. The first-order valence-corrected chi connectivity index (χ1v) is 8.48. The zero-order chi connectivity index (χ0) is 16.1. The molecule has 0 saturated heterocycles. The summed E-state index contributed by atoms with van der Waals surface area (Å²) < 4.78 is 5.58. The Hall–Kier alpha value is -1.26. The van der Waals surface area contributed by atoms with Crippen LogP contribution in [-0.4, -0.2) is 24.4 Å². The van der Waals surface area contributed by atoms with Crippen molar-refractivity contribution in [1.82, 2.24) is 5.32 Å². The minimum Gasteiger partial charge on any atom is -0.491 e. The number of benzene rings is 2. The predicted molar refractivity (Wildman–Crippen MR) is 100 cm³/mol. The number of nitrogens with one attached hydrogen (secondary N) is 1. The first kappa shape index (κ1) is 19.1. The molecule has 2 atom stereocenters. The number of rotatable bonds is 6. The third-order valence-electron chi connectivity index (χ3n) is 4.23. The number of aliphatic hydroxyl groups is 1. The lowest BCUT2D eigenvalue weighted by molar-refractivity contribution is 0.103. The van der Waals surface area contributed by atoms with Crippen molar-refractivity contribution < 1.29 is 9.84 Å². The summed E-state index contributed by atoms with van der Waals surface area (Å²) in [4.78, 5) is 0. The number of aliphatic hydroxyl groups excluding tert-OH is 1. The highest BCUT2D eigenvalue weighted by molar-refractivity contribution is 6.30. The van der Waals surface area contributed by atoms with E-state index in [0.717, 1.165) is 18.6 Å². The molecule has 2 unspecified atom stereocenters. The summed E-state index contributed by atoms with van der Waals surface area (Å²) in [6.07, 6.45) is 2.91. The highest BCUT2D eigenvalue weighted by Gasteiger charge is 2.20. The van der Waals surface area contributed by atoms with Gasteiger partial charge in [-0.15, -0.1) is 12.4 Å². The van der Waals surface area contributed by atoms with E-state index in [2.05, 4.69) is 29.6 Å². The van der Waals surface area contributed by atoms with Gasteiger partial charge in [0, 0.05) is 17.6 Å². The maximum absolute atomic E-state index is 10.1. The molecule has 2 N–H and O–H groups in total. The minimum absolute atomic E-state index is 0. The minimum atomic E-state index is -0.542. The van der Waals surface area contributed by atoms with E-state index >= 15 is 0 Å². The number of aryl methyl sites for hydroxylation is 1. The van der Waals surface area contributed by atoms with Crippen molar-refractivity contribution >= 4 is 24.0 Å². The smallest absolute Gasteiger partial charge is 0.119 e. The van der Waals surface area contributed by atoms with Gasteiger partial charge in [-0.25, -0.2) is 0 Å². The van der Waals surface area contributed by atoms with Gasteiger partial charge in [0.25, 0.3) is 0 Å². The molecule has 0 bridgehead atoms. The maximum atomic E-state index is 10.1. The summed E-state index contributed by atoms with van der Waals surface area (Å²) in [6, 6.07) is 16.0. The zero-order valence-corrected chi connectivity index (χ0v) is 15.0. The van der Waals surface area contributed by atoms with E-state index < -0.39 is 6.10 Å². The third-order valence-corrected chi connectivity index (χ3v) is 4.48. The Kier molecular flexibility index (Phi) is 7.38. The van der Waals surface area contributed by atoms with Crippen molar-refractivity contribution in [3.63, 3.8) is 0 Å². The molecule has 1 aliphatic rings.